The molecule has 0 radical (unpaired) electrons. The zero-order chi connectivity index (χ0) is 23.6. The van der Waals surface area contributed by atoms with Crippen molar-refractivity contribution in [3.63, 3.8) is 0 Å². The second-order valence-corrected chi connectivity index (χ2v) is 11.3. The molecule has 4 aromatic rings. The maximum atomic E-state index is 13.2. The Kier molecular flexibility index (Phi) is 6.88. The number of para-hydroxylation sites is 1. The third kappa shape index (κ3) is 5.13. The maximum Gasteiger partial charge on any atom is 0.167 e. The maximum absolute atomic E-state index is 13.2. The van der Waals surface area contributed by atoms with Crippen molar-refractivity contribution in [2.24, 2.45) is 0 Å². The van der Waals surface area contributed by atoms with E-state index in [9.17, 15) is 4.55 Å². The fourth-order valence-electron chi connectivity index (χ4n) is 3.83. The lowest BCUT2D eigenvalue weighted by molar-refractivity contribution is 0.459. The number of hydrogen-bond donors (Lipinski definition) is 1. The van der Waals surface area contributed by atoms with Gasteiger partial charge >= 0.3 is 0 Å². The molecule has 2 heterocycles. The van der Waals surface area contributed by atoms with E-state index in [1.54, 1.807) is 0 Å². The summed E-state index contributed by atoms with van der Waals surface area (Å²) < 4.78 is 21.8. The summed E-state index contributed by atoms with van der Waals surface area (Å²) in [6, 6.07) is 20.0. The normalized spacial score (nSPS) is 13.9. The lowest BCUT2D eigenvalue weighted by atomic mass is 9.93. The Labute approximate surface area is 198 Å². The van der Waals surface area contributed by atoms with Crippen LogP contribution < -0.4 is 4.72 Å². The summed E-state index contributed by atoms with van der Waals surface area (Å²) in [4.78, 5) is 4.89. The molecule has 5 nitrogen and oxygen atoms in total. The van der Waals surface area contributed by atoms with Crippen LogP contribution in [0.2, 0.25) is 0 Å². The van der Waals surface area contributed by atoms with Gasteiger partial charge < -0.3 is 9.08 Å². The van der Waals surface area contributed by atoms with Crippen molar-refractivity contribution < 1.29 is 9.08 Å². The number of benzene rings is 2. The lowest BCUT2D eigenvalue weighted by Crippen LogP contribution is -2.42. The Bertz CT molecular complexity index is 1250. The van der Waals surface area contributed by atoms with Crippen LogP contribution in [0.5, 0.6) is 0 Å². The highest BCUT2D eigenvalue weighted by molar-refractivity contribution is 7.90. The summed E-state index contributed by atoms with van der Waals surface area (Å²) in [6.07, 6.45) is 1.50. The number of nitrogens with zero attached hydrogens (tertiary/aromatic N) is 2. The molecule has 0 aliphatic heterocycles. The van der Waals surface area contributed by atoms with Gasteiger partial charge in [0.2, 0.25) is 0 Å². The fourth-order valence-corrected chi connectivity index (χ4v) is 4.65. The minimum Gasteiger partial charge on any atom is -0.598 e. The van der Waals surface area contributed by atoms with Crippen LogP contribution in [0.3, 0.4) is 0 Å². The van der Waals surface area contributed by atoms with Gasteiger partial charge in [0.1, 0.15) is 10.4 Å². The number of hydrogen-bond acceptors (Lipinski definition) is 5. The Morgan fingerprint density at radius 3 is 2.52 bits per heavy atom. The van der Waals surface area contributed by atoms with Gasteiger partial charge in [-0.25, -0.2) is 0 Å². The third-order valence-corrected chi connectivity index (χ3v) is 7.40. The van der Waals surface area contributed by atoms with Crippen LogP contribution in [-0.4, -0.2) is 19.4 Å². The van der Waals surface area contributed by atoms with E-state index in [2.05, 4.69) is 48.0 Å². The standard InChI is InChI=1S/C27H31N3O2S/c1-6-19-16-15-18(2)23(28-19)17-24(30-33(31)27(3,4)5)20-11-7-8-12-21(20)26-22-13-9-10-14-25(22)32-29-26/h7-16,24,30H,6,17H2,1-5H3. The van der Waals surface area contributed by atoms with Gasteiger partial charge in [0.25, 0.3) is 0 Å². The van der Waals surface area contributed by atoms with E-state index >= 15 is 0 Å². The number of fused-ring (bicyclic) bond motifs is 1. The van der Waals surface area contributed by atoms with Crippen molar-refractivity contribution in [2.45, 2.75) is 58.2 Å². The molecule has 172 valence electrons. The van der Waals surface area contributed by atoms with Crippen LogP contribution in [0.25, 0.3) is 22.2 Å². The Balaban J connectivity index is 1.81. The van der Waals surface area contributed by atoms with Gasteiger partial charge in [-0.2, -0.15) is 0 Å². The Morgan fingerprint density at radius 2 is 1.76 bits per heavy atom. The van der Waals surface area contributed by atoms with Crippen molar-refractivity contribution in [1.82, 2.24) is 14.9 Å². The Hall–Kier alpha value is -2.67. The van der Waals surface area contributed by atoms with E-state index in [4.69, 9.17) is 9.51 Å². The van der Waals surface area contributed by atoms with Gasteiger partial charge in [-0.05, 0) is 63.4 Å². The van der Waals surface area contributed by atoms with Crippen LogP contribution in [0.1, 0.15) is 56.3 Å². The largest absolute Gasteiger partial charge is 0.598 e. The molecule has 2 aromatic heterocycles. The Morgan fingerprint density at radius 1 is 1.03 bits per heavy atom. The van der Waals surface area contributed by atoms with E-state index in [-0.39, 0.29) is 6.04 Å². The summed E-state index contributed by atoms with van der Waals surface area (Å²) in [5.41, 5.74) is 6.73. The minimum absolute atomic E-state index is 0.213. The molecule has 0 amide bonds. The topological polar surface area (TPSA) is 74.0 Å². The van der Waals surface area contributed by atoms with Gasteiger partial charge in [0.15, 0.2) is 5.58 Å². The molecule has 0 fully saturated rings. The summed E-state index contributed by atoms with van der Waals surface area (Å²) in [6.45, 7) is 10.1. The molecule has 0 aliphatic carbocycles. The first-order valence-electron chi connectivity index (χ1n) is 11.3. The average Bonchev–Trinajstić information content (AvgIpc) is 3.23. The number of nitrogens with one attached hydrogen (secondary N) is 1. The predicted octanol–water partition coefficient (Wildman–Crippen LogP) is 6.10. The fraction of sp³-hybridized carbons (Fsp3) is 0.333. The van der Waals surface area contributed by atoms with Crippen LogP contribution in [0.15, 0.2) is 65.2 Å². The molecule has 33 heavy (non-hydrogen) atoms. The molecule has 6 heteroatoms. The van der Waals surface area contributed by atoms with Gasteiger partial charge in [-0.1, -0.05) is 54.5 Å². The highest BCUT2D eigenvalue weighted by Gasteiger charge is 2.32. The summed E-state index contributed by atoms with van der Waals surface area (Å²) >= 11 is -1.26. The van der Waals surface area contributed by atoms with E-state index in [0.717, 1.165) is 51.2 Å². The molecule has 0 saturated carbocycles. The van der Waals surface area contributed by atoms with Crippen LogP contribution in [0, 0.1) is 6.92 Å². The molecule has 2 atom stereocenters. The average molecular weight is 462 g/mol. The third-order valence-electron chi connectivity index (χ3n) is 5.79. The predicted molar refractivity (Wildman–Crippen MR) is 135 cm³/mol. The quantitative estimate of drug-likeness (QED) is 0.337. The lowest BCUT2D eigenvalue weighted by Gasteiger charge is -2.29. The zero-order valence-corrected chi connectivity index (χ0v) is 20.7. The first-order chi connectivity index (χ1) is 15.8. The highest BCUT2D eigenvalue weighted by atomic mass is 32.2. The van der Waals surface area contributed by atoms with Crippen molar-refractivity contribution in [3.05, 3.63) is 83.2 Å². The molecular formula is C27H31N3O2S. The molecule has 0 bridgehead atoms. The van der Waals surface area contributed by atoms with E-state index in [1.165, 1.54) is 0 Å². The minimum atomic E-state index is -1.26. The molecular weight excluding hydrogens is 430 g/mol. The number of rotatable bonds is 7. The van der Waals surface area contributed by atoms with Crippen LogP contribution in [-0.2, 0) is 24.2 Å². The van der Waals surface area contributed by atoms with Gasteiger partial charge in [-0.15, -0.1) is 4.72 Å². The highest BCUT2D eigenvalue weighted by Crippen LogP contribution is 2.35. The van der Waals surface area contributed by atoms with Crippen LogP contribution >= 0.6 is 0 Å². The SMILES string of the molecule is CCc1ccc(C)c(CC(N[S+]([O-])C(C)(C)C)c2ccccc2-c2noc3ccccc23)n1. The smallest absolute Gasteiger partial charge is 0.167 e. The van der Waals surface area contributed by atoms with Gasteiger partial charge in [-0.3, -0.25) is 4.98 Å². The summed E-state index contributed by atoms with van der Waals surface area (Å²) in [7, 11) is 0. The van der Waals surface area contributed by atoms with E-state index < -0.39 is 16.1 Å². The van der Waals surface area contributed by atoms with E-state index in [0.29, 0.717) is 6.42 Å². The van der Waals surface area contributed by atoms with Crippen molar-refractivity contribution in [2.75, 3.05) is 0 Å². The molecule has 2 aromatic carbocycles. The monoisotopic (exact) mass is 461 g/mol. The van der Waals surface area contributed by atoms with Crippen molar-refractivity contribution in [1.29, 1.82) is 0 Å². The number of aryl methyl sites for hydroxylation is 2. The van der Waals surface area contributed by atoms with Crippen molar-refractivity contribution in [3.8, 4) is 11.3 Å². The first kappa shape index (κ1) is 23.5. The van der Waals surface area contributed by atoms with Gasteiger partial charge in [0.05, 0.1) is 6.04 Å². The molecule has 2 unspecified atom stereocenters. The number of aromatic nitrogens is 2. The second-order valence-electron chi connectivity index (χ2n) is 9.29. The molecule has 0 aliphatic rings. The van der Waals surface area contributed by atoms with Gasteiger partial charge in [0, 0.05) is 40.1 Å². The molecule has 0 saturated heterocycles. The van der Waals surface area contributed by atoms with Crippen molar-refractivity contribution >= 4 is 22.3 Å². The molecule has 0 spiro atoms. The summed E-state index contributed by atoms with van der Waals surface area (Å²) in [5, 5.41) is 5.36. The van der Waals surface area contributed by atoms with E-state index in [1.807, 2.05) is 57.2 Å². The first-order valence-corrected chi connectivity index (χ1v) is 12.5. The number of pyridine rings is 1. The molecule has 4 rings (SSSR count). The second kappa shape index (κ2) is 9.67. The summed E-state index contributed by atoms with van der Waals surface area (Å²) in [5.74, 6) is 0. The zero-order valence-electron chi connectivity index (χ0n) is 19.9. The van der Waals surface area contributed by atoms with Crippen LogP contribution in [0.4, 0.5) is 0 Å². The molecule has 1 N–H and O–H groups in total.